The van der Waals surface area contributed by atoms with Crippen molar-refractivity contribution in [2.24, 2.45) is 5.92 Å². The number of aromatic nitrogens is 3. The van der Waals surface area contributed by atoms with E-state index in [1.54, 1.807) is 23.5 Å². The van der Waals surface area contributed by atoms with Gasteiger partial charge in [-0.05, 0) is 56.7 Å². The molecule has 2 atom stereocenters. The molecule has 4 rings (SSSR count). The van der Waals surface area contributed by atoms with E-state index in [4.69, 9.17) is 9.47 Å². The number of amides is 1. The lowest BCUT2D eigenvalue weighted by Crippen LogP contribution is -2.30. The maximum atomic E-state index is 12.8. The Kier molecular flexibility index (Phi) is 6.22. The number of pyridine rings is 1. The normalized spacial score (nSPS) is 16.3. The lowest BCUT2D eigenvalue weighted by molar-refractivity contribution is -0.123. The van der Waals surface area contributed by atoms with Crippen molar-refractivity contribution in [3.05, 3.63) is 46.2 Å². The van der Waals surface area contributed by atoms with Crippen LogP contribution in [0.3, 0.4) is 0 Å². The molecule has 0 spiro atoms. The second-order valence-corrected chi connectivity index (χ2v) is 8.93. The minimum atomic E-state index is -1.06. The van der Waals surface area contributed by atoms with Gasteiger partial charge in [0.2, 0.25) is 0 Å². The molecule has 0 aromatic carbocycles. The van der Waals surface area contributed by atoms with E-state index in [2.05, 4.69) is 22.4 Å². The number of hydrogen-bond donors (Lipinski definition) is 1. The summed E-state index contributed by atoms with van der Waals surface area (Å²) in [5.74, 6) is -1.08. The Morgan fingerprint density at radius 3 is 2.91 bits per heavy atom. The van der Waals surface area contributed by atoms with Crippen LogP contribution < -0.4 is 5.32 Å². The third-order valence-electron chi connectivity index (χ3n) is 5.41. The molecule has 9 nitrogen and oxygen atoms in total. The molecule has 0 bridgehead atoms. The summed E-state index contributed by atoms with van der Waals surface area (Å²) in [7, 11) is 0. The van der Waals surface area contributed by atoms with Gasteiger partial charge in [-0.2, -0.15) is 0 Å². The first kappa shape index (κ1) is 21.9. The summed E-state index contributed by atoms with van der Waals surface area (Å²) in [4.78, 5) is 39.0. The number of thiophene rings is 1. The second-order valence-electron chi connectivity index (χ2n) is 7.83. The summed E-state index contributed by atoms with van der Waals surface area (Å²) in [5, 5.41) is 10.9. The van der Waals surface area contributed by atoms with E-state index in [0.29, 0.717) is 22.1 Å². The summed E-state index contributed by atoms with van der Waals surface area (Å²) in [6, 6.07) is 3.20. The molecule has 1 N–H and O–H groups in total. The van der Waals surface area contributed by atoms with Crippen molar-refractivity contribution in [1.29, 1.82) is 0 Å². The first-order chi connectivity index (χ1) is 15.4. The minimum absolute atomic E-state index is 0.248. The summed E-state index contributed by atoms with van der Waals surface area (Å²) in [5.41, 5.74) is 2.23. The predicted octanol–water partition coefficient (Wildman–Crippen LogP) is 3.28. The fraction of sp³-hybridized carbons (Fsp3) is 0.409. The van der Waals surface area contributed by atoms with Crippen LogP contribution in [-0.2, 0) is 27.1 Å². The van der Waals surface area contributed by atoms with Crippen LogP contribution in [0.25, 0.3) is 5.65 Å². The Morgan fingerprint density at radius 1 is 1.31 bits per heavy atom. The molecule has 32 heavy (non-hydrogen) atoms. The van der Waals surface area contributed by atoms with Crippen molar-refractivity contribution in [2.45, 2.75) is 46.1 Å². The van der Waals surface area contributed by atoms with Gasteiger partial charge in [-0.1, -0.05) is 6.92 Å². The highest BCUT2D eigenvalue weighted by Gasteiger charge is 2.30. The van der Waals surface area contributed by atoms with E-state index < -0.39 is 23.9 Å². The molecule has 0 saturated heterocycles. The maximum absolute atomic E-state index is 12.8. The minimum Gasteiger partial charge on any atom is -0.462 e. The van der Waals surface area contributed by atoms with Gasteiger partial charge in [-0.15, -0.1) is 21.5 Å². The first-order valence-corrected chi connectivity index (χ1v) is 11.3. The number of esters is 2. The van der Waals surface area contributed by atoms with Crippen LogP contribution in [0.15, 0.2) is 24.7 Å². The number of ether oxygens (including phenoxy) is 2. The van der Waals surface area contributed by atoms with Gasteiger partial charge in [0.25, 0.3) is 5.91 Å². The van der Waals surface area contributed by atoms with E-state index in [9.17, 15) is 14.4 Å². The van der Waals surface area contributed by atoms with Crippen molar-refractivity contribution in [3.63, 3.8) is 0 Å². The van der Waals surface area contributed by atoms with Crippen molar-refractivity contribution in [1.82, 2.24) is 14.6 Å². The topological polar surface area (TPSA) is 112 Å². The highest BCUT2D eigenvalue weighted by atomic mass is 32.1. The number of nitrogens with one attached hydrogen (secondary N) is 1. The number of rotatable bonds is 6. The fourth-order valence-electron chi connectivity index (χ4n) is 3.70. The van der Waals surface area contributed by atoms with Crippen molar-refractivity contribution < 1.29 is 23.9 Å². The average molecular weight is 457 g/mol. The number of nitrogens with zero attached hydrogens (tertiary/aromatic N) is 3. The fourth-order valence-corrected chi connectivity index (χ4v) is 5.10. The second kappa shape index (κ2) is 9.07. The summed E-state index contributed by atoms with van der Waals surface area (Å²) in [6.45, 7) is 5.65. The van der Waals surface area contributed by atoms with E-state index in [1.165, 1.54) is 30.8 Å². The molecule has 0 fully saturated rings. The van der Waals surface area contributed by atoms with Gasteiger partial charge in [-0.3, -0.25) is 9.20 Å². The Hall–Kier alpha value is -3.27. The van der Waals surface area contributed by atoms with Gasteiger partial charge in [0, 0.05) is 11.1 Å². The van der Waals surface area contributed by atoms with Gasteiger partial charge in [0.05, 0.1) is 17.7 Å². The van der Waals surface area contributed by atoms with Crippen LogP contribution in [0, 0.1) is 5.92 Å². The van der Waals surface area contributed by atoms with Crippen LogP contribution in [-0.4, -0.2) is 45.2 Å². The van der Waals surface area contributed by atoms with E-state index in [-0.39, 0.29) is 12.2 Å². The number of carbonyl (C=O) groups is 3. The van der Waals surface area contributed by atoms with Crippen LogP contribution in [0.4, 0.5) is 5.00 Å². The quantitative estimate of drug-likeness (QED) is 0.567. The summed E-state index contributed by atoms with van der Waals surface area (Å²) >= 11 is 1.39. The number of carbonyl (C=O) groups excluding carboxylic acids is 3. The zero-order chi connectivity index (χ0) is 22.8. The van der Waals surface area contributed by atoms with Crippen molar-refractivity contribution >= 4 is 39.8 Å². The lowest BCUT2D eigenvalue weighted by atomic mass is 9.88. The molecular weight excluding hydrogens is 432 g/mol. The molecular formula is C22H24N4O5S. The van der Waals surface area contributed by atoms with Gasteiger partial charge in [0.15, 0.2) is 11.8 Å². The van der Waals surface area contributed by atoms with Crippen LogP contribution in [0.1, 0.15) is 58.3 Å². The van der Waals surface area contributed by atoms with Crippen LogP contribution in [0.2, 0.25) is 0 Å². The van der Waals surface area contributed by atoms with E-state index >= 15 is 0 Å². The molecule has 3 heterocycles. The molecule has 2 unspecified atom stereocenters. The standard InChI is InChI=1S/C22H24N4O5S/c1-4-30-22(29)18-15-7-5-12(2)9-16(15)32-20(18)24-19(27)13(3)31-21(28)14-6-8-17-25-23-11-26(17)10-14/h6,8,10-13H,4-5,7,9H2,1-3H3,(H,24,27). The zero-order valence-corrected chi connectivity index (χ0v) is 18.9. The maximum Gasteiger partial charge on any atom is 0.341 e. The molecule has 1 amide bonds. The Bertz CT molecular complexity index is 1180. The van der Waals surface area contributed by atoms with Crippen molar-refractivity contribution in [2.75, 3.05) is 11.9 Å². The van der Waals surface area contributed by atoms with Gasteiger partial charge in [0.1, 0.15) is 11.3 Å². The molecule has 3 aromatic heterocycles. The van der Waals surface area contributed by atoms with E-state index in [1.807, 2.05) is 0 Å². The van der Waals surface area contributed by atoms with Gasteiger partial charge >= 0.3 is 11.9 Å². The highest BCUT2D eigenvalue weighted by Crippen LogP contribution is 2.40. The number of fused-ring (bicyclic) bond motifs is 2. The molecule has 0 aliphatic heterocycles. The lowest BCUT2D eigenvalue weighted by Gasteiger charge is -2.18. The Balaban J connectivity index is 1.50. The first-order valence-electron chi connectivity index (χ1n) is 10.5. The van der Waals surface area contributed by atoms with E-state index in [0.717, 1.165) is 29.7 Å². The highest BCUT2D eigenvalue weighted by molar-refractivity contribution is 7.17. The number of hydrogen-bond acceptors (Lipinski definition) is 8. The molecule has 10 heteroatoms. The van der Waals surface area contributed by atoms with Gasteiger partial charge in [-0.25, -0.2) is 9.59 Å². The van der Waals surface area contributed by atoms with Crippen LogP contribution in [0.5, 0.6) is 0 Å². The molecule has 1 aliphatic carbocycles. The largest absolute Gasteiger partial charge is 0.462 e. The Labute approximate surface area is 188 Å². The van der Waals surface area contributed by atoms with Crippen molar-refractivity contribution in [3.8, 4) is 0 Å². The Morgan fingerprint density at radius 2 is 2.12 bits per heavy atom. The SMILES string of the molecule is CCOC(=O)c1c(NC(=O)C(C)OC(=O)c2ccc3nncn3c2)sc2c1CCC(C)C2. The zero-order valence-electron chi connectivity index (χ0n) is 18.1. The molecule has 168 valence electrons. The third-order valence-corrected chi connectivity index (χ3v) is 6.58. The molecule has 1 aliphatic rings. The smallest absolute Gasteiger partial charge is 0.341 e. The molecule has 3 aromatic rings. The average Bonchev–Trinajstić information content (AvgIpc) is 3.36. The summed E-state index contributed by atoms with van der Waals surface area (Å²) < 4.78 is 12.2. The molecule has 0 radical (unpaired) electrons. The molecule has 0 saturated carbocycles. The van der Waals surface area contributed by atoms with Crippen LogP contribution >= 0.6 is 11.3 Å². The van der Waals surface area contributed by atoms with Gasteiger partial charge < -0.3 is 14.8 Å². The number of anilines is 1. The third kappa shape index (κ3) is 4.36. The predicted molar refractivity (Wildman–Crippen MR) is 118 cm³/mol. The summed E-state index contributed by atoms with van der Waals surface area (Å²) in [6.07, 6.45) is 4.56. The monoisotopic (exact) mass is 456 g/mol.